The Kier molecular flexibility index (Phi) is 5.38. The highest BCUT2D eigenvalue weighted by atomic mass is 35.5. The summed E-state index contributed by atoms with van der Waals surface area (Å²) in [5, 5.41) is 9.60. The number of hydrogen-bond acceptors (Lipinski definition) is 5. The van der Waals surface area contributed by atoms with Gasteiger partial charge in [0.25, 0.3) is 0 Å². The number of nitriles is 1. The zero-order valence-electron chi connectivity index (χ0n) is 15.3. The van der Waals surface area contributed by atoms with Gasteiger partial charge in [-0.3, -0.25) is 4.90 Å². The smallest absolute Gasteiger partial charge is 0.410 e. The second kappa shape index (κ2) is 7.01. The Morgan fingerprint density at radius 1 is 1.32 bits per heavy atom. The van der Waals surface area contributed by atoms with Crippen LogP contribution in [0.5, 0.6) is 0 Å². The summed E-state index contributed by atoms with van der Waals surface area (Å²) < 4.78 is 5.52. The summed E-state index contributed by atoms with van der Waals surface area (Å²) in [6, 6.07) is 5.27. The van der Waals surface area contributed by atoms with E-state index in [1.165, 1.54) is 0 Å². The third-order valence-electron chi connectivity index (χ3n) is 4.07. The van der Waals surface area contributed by atoms with Crippen LogP contribution in [0.2, 0.25) is 5.02 Å². The Morgan fingerprint density at radius 3 is 2.36 bits per heavy atom. The second-order valence-corrected chi connectivity index (χ2v) is 7.88. The van der Waals surface area contributed by atoms with Crippen molar-refractivity contribution in [3.05, 3.63) is 22.7 Å². The van der Waals surface area contributed by atoms with Crippen molar-refractivity contribution in [1.82, 2.24) is 4.90 Å². The number of hydrogen-bond donors (Lipinski definition) is 1. The Morgan fingerprint density at radius 2 is 1.88 bits per heavy atom. The number of amides is 1. The highest BCUT2D eigenvalue weighted by molar-refractivity contribution is 6.35. The first-order chi connectivity index (χ1) is 11.5. The van der Waals surface area contributed by atoms with E-state index in [9.17, 15) is 4.79 Å². The first-order valence-corrected chi connectivity index (χ1v) is 8.66. The summed E-state index contributed by atoms with van der Waals surface area (Å²) in [7, 11) is 0. The highest BCUT2D eigenvalue weighted by Crippen LogP contribution is 2.35. The molecule has 2 atom stereocenters. The van der Waals surface area contributed by atoms with E-state index in [4.69, 9.17) is 27.3 Å². The topological polar surface area (TPSA) is 82.6 Å². The van der Waals surface area contributed by atoms with Crippen LogP contribution in [-0.4, -0.2) is 41.8 Å². The van der Waals surface area contributed by atoms with Crippen molar-refractivity contribution in [3.63, 3.8) is 0 Å². The van der Waals surface area contributed by atoms with Crippen molar-refractivity contribution in [2.45, 2.75) is 52.3 Å². The van der Waals surface area contributed by atoms with Gasteiger partial charge >= 0.3 is 6.09 Å². The molecule has 1 aliphatic rings. The van der Waals surface area contributed by atoms with Crippen molar-refractivity contribution >= 4 is 29.1 Å². The number of carbonyl (C=O) groups is 1. The van der Waals surface area contributed by atoms with E-state index in [1.807, 2.05) is 34.6 Å². The van der Waals surface area contributed by atoms with E-state index in [1.54, 1.807) is 17.0 Å². The van der Waals surface area contributed by atoms with Gasteiger partial charge in [-0.2, -0.15) is 5.26 Å². The number of carbonyl (C=O) groups excluding carboxylic acids is 1. The van der Waals surface area contributed by atoms with Crippen LogP contribution in [0.3, 0.4) is 0 Å². The molecule has 7 heteroatoms. The van der Waals surface area contributed by atoms with Gasteiger partial charge in [0, 0.05) is 13.1 Å². The number of halogens is 1. The van der Waals surface area contributed by atoms with Crippen LogP contribution in [0.25, 0.3) is 0 Å². The second-order valence-electron chi connectivity index (χ2n) is 7.50. The molecule has 136 valence electrons. The van der Waals surface area contributed by atoms with Crippen LogP contribution in [0.15, 0.2) is 12.1 Å². The molecule has 1 aromatic rings. The van der Waals surface area contributed by atoms with Crippen LogP contribution >= 0.6 is 11.6 Å². The SMILES string of the molecule is C[C@@H]1CN(c2cc(C#N)cc(N)c2Cl)C[C@H](C)N1C(=O)OC(C)(C)C. The van der Waals surface area contributed by atoms with Gasteiger partial charge in [-0.1, -0.05) is 11.6 Å². The Bertz CT molecular complexity index is 696. The van der Waals surface area contributed by atoms with Crippen molar-refractivity contribution in [2.24, 2.45) is 0 Å². The molecule has 1 aliphatic heterocycles. The van der Waals surface area contributed by atoms with Crippen molar-refractivity contribution in [1.29, 1.82) is 5.26 Å². The predicted octanol–water partition coefficient (Wildman–Crippen LogP) is 3.63. The van der Waals surface area contributed by atoms with E-state index < -0.39 is 5.60 Å². The van der Waals surface area contributed by atoms with Crippen LogP contribution in [0, 0.1) is 11.3 Å². The Labute approximate surface area is 154 Å². The molecule has 1 saturated heterocycles. The van der Waals surface area contributed by atoms with Crippen LogP contribution in [-0.2, 0) is 4.74 Å². The number of rotatable bonds is 1. The number of nitrogen functional groups attached to an aromatic ring is 1. The van der Waals surface area contributed by atoms with Gasteiger partial charge in [0.15, 0.2) is 0 Å². The lowest BCUT2D eigenvalue weighted by atomic mass is 10.1. The summed E-state index contributed by atoms with van der Waals surface area (Å²) in [4.78, 5) is 16.3. The van der Waals surface area contributed by atoms with E-state index >= 15 is 0 Å². The number of benzene rings is 1. The molecule has 1 aromatic carbocycles. The molecular formula is C18H25ClN4O2. The fourth-order valence-electron chi connectivity index (χ4n) is 3.12. The van der Waals surface area contributed by atoms with E-state index in [0.717, 1.165) is 5.69 Å². The lowest BCUT2D eigenvalue weighted by Crippen LogP contribution is -2.59. The zero-order chi connectivity index (χ0) is 18.9. The number of ether oxygens (including phenoxy) is 1. The van der Waals surface area contributed by atoms with Crippen molar-refractivity contribution < 1.29 is 9.53 Å². The van der Waals surface area contributed by atoms with Gasteiger partial charge in [-0.15, -0.1) is 0 Å². The molecule has 0 saturated carbocycles. The lowest BCUT2D eigenvalue weighted by Gasteiger charge is -2.45. The van der Waals surface area contributed by atoms with Gasteiger partial charge in [-0.05, 0) is 46.8 Å². The molecule has 1 fully saturated rings. The third-order valence-corrected chi connectivity index (χ3v) is 4.49. The summed E-state index contributed by atoms with van der Waals surface area (Å²) >= 11 is 6.36. The largest absolute Gasteiger partial charge is 0.444 e. The quantitative estimate of drug-likeness (QED) is 0.769. The monoisotopic (exact) mass is 364 g/mol. The van der Waals surface area contributed by atoms with Gasteiger partial charge < -0.3 is 15.4 Å². The maximum atomic E-state index is 12.5. The highest BCUT2D eigenvalue weighted by Gasteiger charge is 2.36. The van der Waals surface area contributed by atoms with E-state index in [2.05, 4.69) is 11.0 Å². The average molecular weight is 365 g/mol. The zero-order valence-corrected chi connectivity index (χ0v) is 16.1. The average Bonchev–Trinajstić information content (AvgIpc) is 2.47. The van der Waals surface area contributed by atoms with Gasteiger partial charge in [0.05, 0.1) is 40.1 Å². The molecular weight excluding hydrogens is 340 g/mol. The summed E-state index contributed by atoms with van der Waals surface area (Å²) in [6.45, 7) is 10.7. The molecule has 0 unspecified atom stereocenters. The summed E-state index contributed by atoms with van der Waals surface area (Å²) in [5.41, 5.74) is 6.96. The normalized spacial score (nSPS) is 21.0. The fraction of sp³-hybridized carbons (Fsp3) is 0.556. The minimum Gasteiger partial charge on any atom is -0.444 e. The van der Waals surface area contributed by atoms with Gasteiger partial charge in [0.1, 0.15) is 5.60 Å². The number of nitrogens with two attached hydrogens (primary N) is 1. The Balaban J connectivity index is 2.24. The Hall–Kier alpha value is -2.13. The molecule has 2 rings (SSSR count). The number of nitrogens with zero attached hydrogens (tertiary/aromatic N) is 3. The van der Waals surface area contributed by atoms with Gasteiger partial charge in [-0.25, -0.2) is 4.79 Å². The molecule has 1 heterocycles. The maximum absolute atomic E-state index is 12.5. The summed E-state index contributed by atoms with van der Waals surface area (Å²) in [5.74, 6) is 0. The molecule has 2 N–H and O–H groups in total. The minimum absolute atomic E-state index is 0.0679. The lowest BCUT2D eigenvalue weighted by molar-refractivity contribution is 0.00566. The summed E-state index contributed by atoms with van der Waals surface area (Å²) in [6.07, 6.45) is -0.316. The number of piperazine rings is 1. The minimum atomic E-state index is -0.535. The standard InChI is InChI=1S/C18H25ClN4O2/c1-11-9-22(15-7-13(8-20)6-14(21)16(15)19)10-12(2)23(11)17(24)25-18(3,4)5/h6-7,11-12H,9-10,21H2,1-5H3/t11-,12+. The molecule has 1 amide bonds. The molecule has 0 bridgehead atoms. The van der Waals surface area contributed by atoms with Crippen molar-refractivity contribution in [3.8, 4) is 6.07 Å². The van der Waals surface area contributed by atoms with E-state index in [-0.39, 0.29) is 18.2 Å². The van der Waals surface area contributed by atoms with Crippen LogP contribution < -0.4 is 10.6 Å². The number of anilines is 2. The molecule has 0 spiro atoms. The first kappa shape index (κ1) is 19.2. The van der Waals surface area contributed by atoms with Crippen molar-refractivity contribution in [2.75, 3.05) is 23.7 Å². The maximum Gasteiger partial charge on any atom is 0.410 e. The van der Waals surface area contributed by atoms with Crippen LogP contribution in [0.4, 0.5) is 16.2 Å². The van der Waals surface area contributed by atoms with E-state index in [0.29, 0.717) is 29.4 Å². The molecule has 0 aliphatic carbocycles. The molecule has 0 radical (unpaired) electrons. The third kappa shape index (κ3) is 4.29. The molecule has 0 aromatic heterocycles. The molecule has 6 nitrogen and oxygen atoms in total. The first-order valence-electron chi connectivity index (χ1n) is 8.29. The predicted molar refractivity (Wildman–Crippen MR) is 99.8 cm³/mol. The van der Waals surface area contributed by atoms with Crippen LogP contribution in [0.1, 0.15) is 40.2 Å². The fourth-order valence-corrected chi connectivity index (χ4v) is 3.35. The molecule has 25 heavy (non-hydrogen) atoms. The van der Waals surface area contributed by atoms with Gasteiger partial charge in [0.2, 0.25) is 0 Å².